The molecule has 1 saturated carbocycles. The maximum absolute atomic E-state index is 12.6. The highest BCUT2D eigenvalue weighted by atomic mass is 16.5. The Labute approximate surface area is 168 Å². The quantitative estimate of drug-likeness (QED) is 0.706. The first kappa shape index (κ1) is 20.6. The highest BCUT2D eigenvalue weighted by molar-refractivity contribution is 5.88. The van der Waals surface area contributed by atoms with Crippen LogP contribution in [0.15, 0.2) is 24.3 Å². The maximum Gasteiger partial charge on any atom is 0.237 e. The summed E-state index contributed by atoms with van der Waals surface area (Å²) in [4.78, 5) is 27.2. The van der Waals surface area contributed by atoms with Gasteiger partial charge in [0.2, 0.25) is 11.8 Å². The minimum absolute atomic E-state index is 0.00866. The summed E-state index contributed by atoms with van der Waals surface area (Å²) < 4.78 is 5.49. The Morgan fingerprint density at radius 1 is 1.18 bits per heavy atom. The predicted octanol–water partition coefficient (Wildman–Crippen LogP) is 2.61. The van der Waals surface area contributed by atoms with Crippen molar-refractivity contribution in [2.24, 2.45) is 0 Å². The molecular formula is C22H33N3O3. The van der Waals surface area contributed by atoms with E-state index in [4.69, 9.17) is 4.74 Å². The van der Waals surface area contributed by atoms with E-state index in [1.54, 1.807) is 0 Å². The molecule has 1 saturated heterocycles. The molecule has 1 aromatic rings. The fourth-order valence-electron chi connectivity index (χ4n) is 4.15. The van der Waals surface area contributed by atoms with Gasteiger partial charge in [0.05, 0.1) is 19.1 Å². The first-order valence-electron chi connectivity index (χ1n) is 10.7. The van der Waals surface area contributed by atoms with E-state index in [9.17, 15) is 9.59 Å². The molecule has 2 aliphatic rings. The monoisotopic (exact) mass is 387 g/mol. The first-order valence-corrected chi connectivity index (χ1v) is 10.7. The molecule has 1 aromatic carbocycles. The summed E-state index contributed by atoms with van der Waals surface area (Å²) in [7, 11) is 0. The molecule has 2 fully saturated rings. The van der Waals surface area contributed by atoms with Crippen LogP contribution in [0.3, 0.4) is 0 Å². The molecule has 28 heavy (non-hydrogen) atoms. The largest absolute Gasteiger partial charge is 0.494 e. The molecule has 1 heterocycles. The van der Waals surface area contributed by atoms with Crippen LogP contribution in [0, 0.1) is 0 Å². The number of ether oxygens (including phenoxy) is 1. The number of nitrogens with one attached hydrogen (secondary N) is 2. The second-order valence-electron chi connectivity index (χ2n) is 7.81. The molecule has 0 spiro atoms. The third-order valence-corrected chi connectivity index (χ3v) is 5.66. The van der Waals surface area contributed by atoms with E-state index < -0.39 is 6.04 Å². The van der Waals surface area contributed by atoms with Gasteiger partial charge < -0.3 is 15.4 Å². The van der Waals surface area contributed by atoms with E-state index in [0.29, 0.717) is 19.7 Å². The van der Waals surface area contributed by atoms with Crippen LogP contribution < -0.4 is 15.4 Å². The Kier molecular flexibility index (Phi) is 7.71. The Morgan fingerprint density at radius 2 is 1.89 bits per heavy atom. The highest BCUT2D eigenvalue weighted by Crippen LogP contribution is 2.19. The van der Waals surface area contributed by atoms with Crippen molar-refractivity contribution in [1.29, 1.82) is 0 Å². The number of amides is 2. The Hall–Kier alpha value is -2.08. The summed E-state index contributed by atoms with van der Waals surface area (Å²) in [6.45, 7) is 4.63. The van der Waals surface area contributed by atoms with Crippen molar-refractivity contribution < 1.29 is 14.3 Å². The van der Waals surface area contributed by atoms with Crippen molar-refractivity contribution in [2.45, 2.75) is 70.5 Å². The molecule has 6 nitrogen and oxygen atoms in total. The summed E-state index contributed by atoms with van der Waals surface area (Å²) in [5, 5.41) is 6.08. The number of rotatable bonds is 7. The van der Waals surface area contributed by atoms with Gasteiger partial charge in [0.15, 0.2) is 0 Å². The van der Waals surface area contributed by atoms with Crippen molar-refractivity contribution in [3.8, 4) is 5.75 Å². The number of hydrogen-bond donors (Lipinski definition) is 2. The molecule has 1 aliphatic carbocycles. The van der Waals surface area contributed by atoms with E-state index in [0.717, 1.165) is 30.7 Å². The van der Waals surface area contributed by atoms with Crippen molar-refractivity contribution >= 4 is 11.8 Å². The van der Waals surface area contributed by atoms with Crippen molar-refractivity contribution in [2.75, 3.05) is 19.7 Å². The van der Waals surface area contributed by atoms with E-state index in [1.165, 1.54) is 25.7 Å². The van der Waals surface area contributed by atoms with Crippen LogP contribution in [0.2, 0.25) is 0 Å². The van der Waals surface area contributed by atoms with Gasteiger partial charge in [-0.15, -0.1) is 0 Å². The van der Waals surface area contributed by atoms with Gasteiger partial charge in [-0.25, -0.2) is 0 Å². The van der Waals surface area contributed by atoms with E-state index in [-0.39, 0.29) is 24.3 Å². The van der Waals surface area contributed by atoms with Crippen LogP contribution >= 0.6 is 0 Å². The van der Waals surface area contributed by atoms with Crippen LogP contribution in [0.5, 0.6) is 5.75 Å². The normalized spacial score (nSPS) is 21.6. The molecule has 3 rings (SSSR count). The van der Waals surface area contributed by atoms with Crippen LogP contribution in [-0.4, -0.2) is 48.5 Å². The lowest BCUT2D eigenvalue weighted by atomic mass is 10.0. The van der Waals surface area contributed by atoms with Gasteiger partial charge in [-0.05, 0) is 37.5 Å². The predicted molar refractivity (Wildman–Crippen MR) is 109 cm³/mol. The van der Waals surface area contributed by atoms with Gasteiger partial charge in [-0.1, -0.05) is 37.8 Å². The lowest BCUT2D eigenvalue weighted by Gasteiger charge is -2.35. The first-order chi connectivity index (χ1) is 13.7. The minimum Gasteiger partial charge on any atom is -0.494 e. The standard InChI is InChI=1S/C22H33N3O3/c1-2-28-19-11-9-17(10-12-19)16-25-14-13-23-22(27)20(25)15-21(26)24-18-7-5-3-4-6-8-18/h9-12,18,20H,2-8,13-16H2,1H3,(H,23,27)(H,24,26)/t20-/m1/s1. The minimum atomic E-state index is -0.411. The van der Waals surface area contributed by atoms with Gasteiger partial charge in [-0.2, -0.15) is 0 Å². The van der Waals surface area contributed by atoms with Crippen LogP contribution in [0.4, 0.5) is 0 Å². The molecule has 6 heteroatoms. The van der Waals surface area contributed by atoms with E-state index in [1.807, 2.05) is 31.2 Å². The van der Waals surface area contributed by atoms with Gasteiger partial charge in [0.1, 0.15) is 5.75 Å². The lowest BCUT2D eigenvalue weighted by molar-refractivity contribution is -0.134. The third kappa shape index (κ3) is 5.96. The second-order valence-corrected chi connectivity index (χ2v) is 7.81. The zero-order valence-corrected chi connectivity index (χ0v) is 16.9. The SMILES string of the molecule is CCOc1ccc(CN2CCNC(=O)[C@H]2CC(=O)NC2CCCCCC2)cc1. The number of nitrogens with zero attached hydrogens (tertiary/aromatic N) is 1. The summed E-state index contributed by atoms with van der Waals surface area (Å²) in [5.41, 5.74) is 1.12. The Balaban J connectivity index is 1.58. The molecule has 0 unspecified atom stereocenters. The van der Waals surface area contributed by atoms with Gasteiger partial charge in [0, 0.05) is 25.7 Å². The molecule has 2 N–H and O–H groups in total. The molecule has 0 bridgehead atoms. The maximum atomic E-state index is 12.6. The molecule has 0 radical (unpaired) electrons. The molecule has 1 aliphatic heterocycles. The summed E-state index contributed by atoms with van der Waals surface area (Å²) in [6.07, 6.45) is 7.20. The topological polar surface area (TPSA) is 70.7 Å². The summed E-state index contributed by atoms with van der Waals surface area (Å²) in [5.74, 6) is 0.792. The average molecular weight is 388 g/mol. The zero-order valence-electron chi connectivity index (χ0n) is 16.9. The van der Waals surface area contributed by atoms with Gasteiger partial charge in [-0.3, -0.25) is 14.5 Å². The molecule has 2 amide bonds. The molecular weight excluding hydrogens is 354 g/mol. The van der Waals surface area contributed by atoms with Crippen molar-refractivity contribution in [1.82, 2.24) is 15.5 Å². The molecule has 0 aromatic heterocycles. The van der Waals surface area contributed by atoms with Crippen LogP contribution in [-0.2, 0) is 16.1 Å². The number of hydrogen-bond acceptors (Lipinski definition) is 4. The Bertz CT molecular complexity index is 639. The fourth-order valence-corrected chi connectivity index (χ4v) is 4.15. The van der Waals surface area contributed by atoms with Crippen LogP contribution in [0.25, 0.3) is 0 Å². The van der Waals surface area contributed by atoms with Gasteiger partial charge in [0.25, 0.3) is 0 Å². The lowest BCUT2D eigenvalue weighted by Crippen LogP contribution is -2.56. The molecule has 154 valence electrons. The van der Waals surface area contributed by atoms with Crippen LogP contribution in [0.1, 0.15) is 57.4 Å². The summed E-state index contributed by atoms with van der Waals surface area (Å²) >= 11 is 0. The Morgan fingerprint density at radius 3 is 2.57 bits per heavy atom. The number of piperazine rings is 1. The number of benzene rings is 1. The number of carbonyl (C=O) groups excluding carboxylic acids is 2. The average Bonchev–Trinajstić information content (AvgIpc) is 2.95. The third-order valence-electron chi connectivity index (χ3n) is 5.66. The number of carbonyl (C=O) groups is 2. The van der Waals surface area contributed by atoms with E-state index in [2.05, 4.69) is 15.5 Å². The summed E-state index contributed by atoms with van der Waals surface area (Å²) in [6, 6.07) is 7.82. The second kappa shape index (κ2) is 10.5. The smallest absolute Gasteiger partial charge is 0.237 e. The van der Waals surface area contributed by atoms with Crippen molar-refractivity contribution in [3.63, 3.8) is 0 Å². The zero-order chi connectivity index (χ0) is 19.8. The van der Waals surface area contributed by atoms with Crippen molar-refractivity contribution in [3.05, 3.63) is 29.8 Å². The highest BCUT2D eigenvalue weighted by Gasteiger charge is 2.32. The molecule has 1 atom stereocenters. The van der Waals surface area contributed by atoms with E-state index >= 15 is 0 Å². The fraction of sp³-hybridized carbons (Fsp3) is 0.636. The van der Waals surface area contributed by atoms with Gasteiger partial charge >= 0.3 is 0 Å².